The summed E-state index contributed by atoms with van der Waals surface area (Å²) in [5, 5.41) is 2.90. The van der Waals surface area contributed by atoms with Crippen LogP contribution < -0.4 is 15.0 Å². The van der Waals surface area contributed by atoms with Crippen molar-refractivity contribution in [3.8, 4) is 5.75 Å². The molecule has 0 saturated carbocycles. The number of nitrogens with zero attached hydrogens (tertiary/aromatic N) is 3. The zero-order valence-electron chi connectivity index (χ0n) is 18.6. The number of amides is 2. The number of hydrogen-bond donors (Lipinski definition) is 1. The molecule has 2 aliphatic rings. The Bertz CT molecular complexity index is 998. The minimum Gasteiger partial charge on any atom is -0.496 e. The van der Waals surface area contributed by atoms with Crippen molar-refractivity contribution < 1.29 is 14.3 Å². The molecule has 1 aromatic carbocycles. The van der Waals surface area contributed by atoms with E-state index >= 15 is 0 Å². The monoisotopic (exact) mass is 422 g/mol. The molecule has 1 N–H and O–H groups in total. The summed E-state index contributed by atoms with van der Waals surface area (Å²) in [5.74, 6) is 1.51. The summed E-state index contributed by atoms with van der Waals surface area (Å²) in [5.41, 5.74) is 3.73. The maximum Gasteiger partial charge on any atom is 0.257 e. The average molecular weight is 423 g/mol. The highest BCUT2D eigenvalue weighted by Crippen LogP contribution is 2.33. The van der Waals surface area contributed by atoms with Crippen LogP contribution in [0.2, 0.25) is 0 Å². The van der Waals surface area contributed by atoms with Gasteiger partial charge in [-0.3, -0.25) is 9.59 Å². The molecule has 7 heteroatoms. The number of hydrogen-bond acceptors (Lipinski definition) is 5. The highest BCUT2D eigenvalue weighted by atomic mass is 16.5. The third kappa shape index (κ3) is 4.09. The predicted octanol–water partition coefficient (Wildman–Crippen LogP) is 2.52. The van der Waals surface area contributed by atoms with Gasteiger partial charge in [0, 0.05) is 38.9 Å². The van der Waals surface area contributed by atoms with E-state index in [0.29, 0.717) is 30.9 Å². The summed E-state index contributed by atoms with van der Waals surface area (Å²) >= 11 is 0. The van der Waals surface area contributed by atoms with Crippen LogP contribution in [0.1, 0.15) is 39.9 Å². The molecule has 2 fully saturated rings. The van der Waals surface area contributed by atoms with Gasteiger partial charge in [-0.1, -0.05) is 19.1 Å². The van der Waals surface area contributed by atoms with E-state index in [1.165, 1.54) is 0 Å². The van der Waals surface area contributed by atoms with E-state index in [-0.39, 0.29) is 23.7 Å². The van der Waals surface area contributed by atoms with Gasteiger partial charge >= 0.3 is 0 Å². The number of benzene rings is 1. The molecule has 164 valence electrons. The Kier molecular flexibility index (Phi) is 5.85. The molecule has 1 aromatic heterocycles. The molecule has 0 radical (unpaired) electrons. The number of methoxy groups -OCH3 is 1. The first-order valence-electron chi connectivity index (χ1n) is 10.8. The topological polar surface area (TPSA) is 74.8 Å². The molecule has 0 bridgehead atoms. The quantitative estimate of drug-likeness (QED) is 0.820. The number of nitrogens with one attached hydrogen (secondary N) is 1. The number of aryl methyl sites for hydroxylation is 2. The van der Waals surface area contributed by atoms with Crippen LogP contribution in [0, 0.1) is 19.8 Å². The lowest BCUT2D eigenvalue weighted by molar-refractivity contribution is -0.120. The number of anilines is 1. The molecule has 2 aliphatic heterocycles. The number of ether oxygens (including phenoxy) is 1. The van der Waals surface area contributed by atoms with Gasteiger partial charge in [0.05, 0.1) is 18.6 Å². The maximum atomic E-state index is 13.2. The summed E-state index contributed by atoms with van der Waals surface area (Å²) in [6.45, 7) is 9.57. The van der Waals surface area contributed by atoms with E-state index in [2.05, 4.69) is 35.1 Å². The summed E-state index contributed by atoms with van der Waals surface area (Å²) in [7, 11) is 1.57. The second kappa shape index (κ2) is 8.57. The second-order valence-corrected chi connectivity index (χ2v) is 8.59. The summed E-state index contributed by atoms with van der Waals surface area (Å²) in [6.07, 6.45) is 1.89. The molecule has 0 aliphatic carbocycles. The molecule has 4 rings (SSSR count). The molecule has 7 nitrogen and oxygen atoms in total. The fourth-order valence-electron chi connectivity index (χ4n) is 4.64. The van der Waals surface area contributed by atoms with Crippen molar-refractivity contribution in [1.29, 1.82) is 0 Å². The Morgan fingerprint density at radius 3 is 2.52 bits per heavy atom. The van der Waals surface area contributed by atoms with Gasteiger partial charge in [0.1, 0.15) is 11.6 Å². The SMILES string of the molecule is COc1cc([C@@H]2C(=O)NCC2C)ccc1C(=O)N1CCN(c2ncc(C)cc2C)CC1. The lowest BCUT2D eigenvalue weighted by Crippen LogP contribution is -2.49. The first-order chi connectivity index (χ1) is 14.9. The van der Waals surface area contributed by atoms with Crippen LogP contribution in [0.25, 0.3) is 0 Å². The van der Waals surface area contributed by atoms with Gasteiger partial charge in [-0.05, 0) is 48.6 Å². The first kappa shape index (κ1) is 21.2. The van der Waals surface area contributed by atoms with E-state index in [1.54, 1.807) is 13.2 Å². The molecular formula is C24H30N4O3. The smallest absolute Gasteiger partial charge is 0.257 e. The second-order valence-electron chi connectivity index (χ2n) is 8.59. The summed E-state index contributed by atoms with van der Waals surface area (Å²) in [4.78, 5) is 34.1. The van der Waals surface area contributed by atoms with E-state index < -0.39 is 0 Å². The Morgan fingerprint density at radius 1 is 1.16 bits per heavy atom. The lowest BCUT2D eigenvalue weighted by Gasteiger charge is -2.36. The van der Waals surface area contributed by atoms with Crippen molar-refractivity contribution in [2.24, 2.45) is 5.92 Å². The van der Waals surface area contributed by atoms with Gasteiger partial charge < -0.3 is 19.9 Å². The molecular weight excluding hydrogens is 392 g/mol. The molecule has 1 unspecified atom stereocenters. The Hall–Kier alpha value is -3.09. The normalized spacial score (nSPS) is 21.2. The highest BCUT2D eigenvalue weighted by molar-refractivity contribution is 5.97. The van der Waals surface area contributed by atoms with E-state index in [9.17, 15) is 9.59 Å². The Morgan fingerprint density at radius 2 is 1.90 bits per heavy atom. The summed E-state index contributed by atoms with van der Waals surface area (Å²) in [6, 6.07) is 7.66. The number of piperazine rings is 1. The van der Waals surface area contributed by atoms with Gasteiger partial charge in [0.15, 0.2) is 0 Å². The van der Waals surface area contributed by atoms with Crippen molar-refractivity contribution in [3.05, 3.63) is 52.7 Å². The Labute approximate surface area is 183 Å². The number of rotatable bonds is 4. The number of pyridine rings is 1. The van der Waals surface area contributed by atoms with E-state index in [0.717, 1.165) is 35.6 Å². The van der Waals surface area contributed by atoms with Crippen molar-refractivity contribution in [2.45, 2.75) is 26.7 Å². The van der Waals surface area contributed by atoms with Gasteiger partial charge in [0.2, 0.25) is 5.91 Å². The Balaban J connectivity index is 1.48. The van der Waals surface area contributed by atoms with Crippen LogP contribution in [0.15, 0.2) is 30.5 Å². The van der Waals surface area contributed by atoms with Gasteiger partial charge in [0.25, 0.3) is 5.91 Å². The maximum absolute atomic E-state index is 13.2. The van der Waals surface area contributed by atoms with Crippen LogP contribution in [0.5, 0.6) is 5.75 Å². The molecule has 3 heterocycles. The predicted molar refractivity (Wildman–Crippen MR) is 120 cm³/mol. The molecule has 0 spiro atoms. The standard InChI is InChI=1S/C24H30N4O3/c1-15-11-16(2)22(25-13-15)27-7-9-28(10-8-27)24(30)19-6-5-18(12-20(19)31-4)21-17(3)14-26-23(21)29/h5-6,11-13,17,21H,7-10,14H2,1-4H3,(H,26,29)/t17?,21-/m1/s1. The highest BCUT2D eigenvalue weighted by Gasteiger charge is 2.34. The van der Waals surface area contributed by atoms with Crippen LogP contribution in [0.3, 0.4) is 0 Å². The van der Waals surface area contributed by atoms with Gasteiger partial charge in [-0.25, -0.2) is 4.98 Å². The zero-order valence-corrected chi connectivity index (χ0v) is 18.6. The first-order valence-corrected chi connectivity index (χ1v) is 10.8. The molecule has 2 atom stereocenters. The van der Waals surface area contributed by atoms with Crippen molar-refractivity contribution >= 4 is 17.6 Å². The van der Waals surface area contributed by atoms with Crippen molar-refractivity contribution in [3.63, 3.8) is 0 Å². The van der Waals surface area contributed by atoms with E-state index in [4.69, 9.17) is 4.74 Å². The van der Waals surface area contributed by atoms with Crippen LogP contribution >= 0.6 is 0 Å². The van der Waals surface area contributed by atoms with Crippen LogP contribution in [-0.2, 0) is 4.79 Å². The zero-order chi connectivity index (χ0) is 22.1. The minimum atomic E-state index is -0.202. The van der Waals surface area contributed by atoms with Gasteiger partial charge in [-0.2, -0.15) is 0 Å². The number of carbonyl (C=O) groups is 2. The lowest BCUT2D eigenvalue weighted by atomic mass is 9.89. The minimum absolute atomic E-state index is 0.0322. The summed E-state index contributed by atoms with van der Waals surface area (Å²) < 4.78 is 5.55. The molecule has 31 heavy (non-hydrogen) atoms. The van der Waals surface area contributed by atoms with Crippen LogP contribution in [0.4, 0.5) is 5.82 Å². The third-order valence-corrected chi connectivity index (χ3v) is 6.32. The largest absolute Gasteiger partial charge is 0.496 e. The van der Waals surface area contributed by atoms with Crippen molar-refractivity contribution in [1.82, 2.24) is 15.2 Å². The fourth-order valence-corrected chi connectivity index (χ4v) is 4.64. The molecule has 2 saturated heterocycles. The van der Waals surface area contributed by atoms with Crippen molar-refractivity contribution in [2.75, 3.05) is 44.7 Å². The molecule has 2 aromatic rings. The molecule has 2 amide bonds. The van der Waals surface area contributed by atoms with E-state index in [1.807, 2.05) is 30.2 Å². The fraction of sp³-hybridized carbons (Fsp3) is 0.458. The van der Waals surface area contributed by atoms with Crippen LogP contribution in [-0.4, -0.2) is 61.5 Å². The average Bonchev–Trinajstić information content (AvgIpc) is 3.11. The van der Waals surface area contributed by atoms with Gasteiger partial charge in [-0.15, -0.1) is 0 Å². The number of carbonyl (C=O) groups excluding carboxylic acids is 2. The third-order valence-electron chi connectivity index (χ3n) is 6.32. The number of aromatic nitrogens is 1.